The summed E-state index contributed by atoms with van der Waals surface area (Å²) >= 11 is 0. The van der Waals surface area contributed by atoms with Crippen LogP contribution >= 0.6 is 0 Å². The van der Waals surface area contributed by atoms with Crippen LogP contribution in [0.2, 0.25) is 0 Å². The number of nitrogens with two attached hydrogens (primary N) is 1. The number of amides is 1. The Bertz CT molecular complexity index is 403. The van der Waals surface area contributed by atoms with Gasteiger partial charge < -0.3 is 21.0 Å². The van der Waals surface area contributed by atoms with E-state index in [-0.39, 0.29) is 18.2 Å². The molecule has 92 valence electrons. The number of pyridine rings is 1. The van der Waals surface area contributed by atoms with Crippen LogP contribution < -0.4 is 15.8 Å². The van der Waals surface area contributed by atoms with Crippen LogP contribution in [0.3, 0.4) is 0 Å². The summed E-state index contributed by atoms with van der Waals surface area (Å²) in [6, 6.07) is 3.49. The summed E-state index contributed by atoms with van der Waals surface area (Å²) in [5, 5.41) is 13.6. The minimum Gasteiger partial charge on any atom is -0.481 e. The van der Waals surface area contributed by atoms with Crippen molar-refractivity contribution < 1.29 is 14.7 Å². The van der Waals surface area contributed by atoms with Crippen molar-refractivity contribution in [1.82, 2.24) is 10.3 Å². The van der Waals surface area contributed by atoms with Crippen LogP contribution in [0.1, 0.15) is 12.0 Å². The lowest BCUT2D eigenvalue weighted by molar-refractivity contribution is -0.120. The lowest BCUT2D eigenvalue weighted by Crippen LogP contribution is -2.28. The molecule has 0 radical (unpaired) electrons. The molecule has 0 aromatic carbocycles. The van der Waals surface area contributed by atoms with Gasteiger partial charge in [-0.2, -0.15) is 0 Å². The third-order valence-corrected chi connectivity index (χ3v) is 1.97. The van der Waals surface area contributed by atoms with Crippen LogP contribution in [0.15, 0.2) is 23.5 Å². The number of nitrogens with one attached hydrogen (secondary N) is 1. The maximum absolute atomic E-state index is 11.3. The molecular weight excluding hydrogens is 224 g/mol. The zero-order valence-corrected chi connectivity index (χ0v) is 9.38. The van der Waals surface area contributed by atoms with E-state index in [0.29, 0.717) is 12.4 Å². The van der Waals surface area contributed by atoms with Gasteiger partial charge in [0.2, 0.25) is 11.8 Å². The zero-order chi connectivity index (χ0) is 12.7. The van der Waals surface area contributed by atoms with Crippen molar-refractivity contribution in [3.63, 3.8) is 0 Å². The summed E-state index contributed by atoms with van der Waals surface area (Å²) in [4.78, 5) is 15.3. The Morgan fingerprint density at radius 3 is 2.94 bits per heavy atom. The highest BCUT2D eigenvalue weighted by Gasteiger charge is 2.04. The maximum atomic E-state index is 11.3. The molecule has 0 unspecified atom stereocenters. The van der Waals surface area contributed by atoms with Gasteiger partial charge in [-0.3, -0.25) is 4.79 Å². The number of hydrogen-bond acceptors (Lipinski definition) is 5. The Hall–Kier alpha value is -2.31. The van der Waals surface area contributed by atoms with E-state index >= 15 is 0 Å². The van der Waals surface area contributed by atoms with Gasteiger partial charge in [-0.05, 0) is 5.56 Å². The van der Waals surface area contributed by atoms with Gasteiger partial charge in [0.1, 0.15) is 5.84 Å². The molecule has 0 saturated carbocycles. The molecule has 0 aliphatic rings. The predicted molar refractivity (Wildman–Crippen MR) is 60.7 cm³/mol. The Morgan fingerprint density at radius 2 is 2.41 bits per heavy atom. The summed E-state index contributed by atoms with van der Waals surface area (Å²) < 4.78 is 4.90. The Balaban J connectivity index is 2.42. The highest BCUT2D eigenvalue weighted by atomic mass is 16.5. The van der Waals surface area contributed by atoms with Gasteiger partial charge in [0, 0.05) is 18.8 Å². The van der Waals surface area contributed by atoms with E-state index in [4.69, 9.17) is 15.7 Å². The number of oxime groups is 1. The molecule has 0 bridgehead atoms. The summed E-state index contributed by atoms with van der Waals surface area (Å²) in [6.07, 6.45) is 1.46. The average Bonchev–Trinajstić information content (AvgIpc) is 2.36. The minimum atomic E-state index is -0.323. The minimum absolute atomic E-state index is 0.129. The standard InChI is InChI=1S/C10H14N4O3/c1-17-10-3-2-7(6-13-10)5-12-9(15)4-8(11)14-16/h2-3,6,16H,4-5H2,1H3,(H2,11,14)(H,12,15). The smallest absolute Gasteiger partial charge is 0.227 e. The molecular formula is C10H14N4O3. The van der Waals surface area contributed by atoms with E-state index in [9.17, 15) is 4.79 Å². The number of ether oxygens (including phenoxy) is 1. The average molecular weight is 238 g/mol. The first-order valence-corrected chi connectivity index (χ1v) is 4.87. The van der Waals surface area contributed by atoms with Crippen molar-refractivity contribution in [2.24, 2.45) is 10.9 Å². The van der Waals surface area contributed by atoms with Crippen LogP contribution in [-0.2, 0) is 11.3 Å². The quantitative estimate of drug-likeness (QED) is 0.286. The molecule has 4 N–H and O–H groups in total. The molecule has 0 fully saturated rings. The van der Waals surface area contributed by atoms with Gasteiger partial charge in [0.15, 0.2) is 0 Å². The summed E-state index contributed by atoms with van der Waals surface area (Å²) in [7, 11) is 1.53. The van der Waals surface area contributed by atoms with Crippen LogP contribution in [0, 0.1) is 0 Å². The van der Waals surface area contributed by atoms with E-state index in [1.165, 1.54) is 7.11 Å². The van der Waals surface area contributed by atoms with Crippen LogP contribution in [0.5, 0.6) is 5.88 Å². The van der Waals surface area contributed by atoms with Crippen LogP contribution in [-0.4, -0.2) is 29.0 Å². The summed E-state index contributed by atoms with van der Waals surface area (Å²) in [5.74, 6) is 0.0585. The summed E-state index contributed by atoms with van der Waals surface area (Å²) in [5.41, 5.74) is 6.02. The van der Waals surface area contributed by atoms with Crippen molar-refractivity contribution in [2.75, 3.05) is 7.11 Å². The molecule has 1 amide bonds. The first-order valence-electron chi connectivity index (χ1n) is 4.87. The highest BCUT2D eigenvalue weighted by Crippen LogP contribution is 2.06. The highest BCUT2D eigenvalue weighted by molar-refractivity contribution is 5.98. The molecule has 0 aliphatic heterocycles. The molecule has 0 aliphatic carbocycles. The van der Waals surface area contributed by atoms with Crippen LogP contribution in [0.4, 0.5) is 0 Å². The van der Waals surface area contributed by atoms with Gasteiger partial charge in [-0.25, -0.2) is 4.98 Å². The number of carbonyl (C=O) groups excluding carboxylic acids is 1. The normalized spacial score (nSPS) is 11.0. The fourth-order valence-corrected chi connectivity index (χ4v) is 1.10. The molecule has 0 spiro atoms. The van der Waals surface area contributed by atoms with Crippen molar-refractivity contribution in [3.05, 3.63) is 23.9 Å². The van der Waals surface area contributed by atoms with Crippen LogP contribution in [0.25, 0.3) is 0 Å². The van der Waals surface area contributed by atoms with E-state index in [1.807, 2.05) is 0 Å². The monoisotopic (exact) mass is 238 g/mol. The van der Waals surface area contributed by atoms with E-state index in [1.54, 1.807) is 18.3 Å². The SMILES string of the molecule is COc1ccc(CNC(=O)CC(N)=NO)cn1. The Labute approximate surface area is 98.3 Å². The number of nitrogens with zero attached hydrogens (tertiary/aromatic N) is 2. The van der Waals surface area contributed by atoms with Crippen molar-refractivity contribution in [1.29, 1.82) is 0 Å². The number of hydrogen-bond donors (Lipinski definition) is 3. The molecule has 7 heteroatoms. The van der Waals surface area contributed by atoms with Gasteiger partial charge >= 0.3 is 0 Å². The van der Waals surface area contributed by atoms with Crippen molar-refractivity contribution in [3.8, 4) is 5.88 Å². The molecule has 1 aromatic heterocycles. The number of rotatable bonds is 5. The largest absolute Gasteiger partial charge is 0.481 e. The first kappa shape index (κ1) is 12.8. The zero-order valence-electron chi connectivity index (χ0n) is 9.38. The summed E-state index contributed by atoms with van der Waals surface area (Å²) in [6.45, 7) is 0.328. The van der Waals surface area contributed by atoms with Crippen molar-refractivity contribution >= 4 is 11.7 Å². The van der Waals surface area contributed by atoms with Gasteiger partial charge in [-0.1, -0.05) is 11.2 Å². The number of methoxy groups -OCH3 is 1. The van der Waals surface area contributed by atoms with Gasteiger partial charge in [-0.15, -0.1) is 0 Å². The number of amidine groups is 1. The molecule has 1 rings (SSSR count). The van der Waals surface area contributed by atoms with Gasteiger partial charge in [0.05, 0.1) is 13.5 Å². The van der Waals surface area contributed by atoms with E-state index in [2.05, 4.69) is 15.5 Å². The maximum Gasteiger partial charge on any atom is 0.227 e. The topological polar surface area (TPSA) is 110 Å². The second-order valence-corrected chi connectivity index (χ2v) is 3.25. The Kier molecular flexibility index (Phi) is 4.74. The number of aromatic nitrogens is 1. The third-order valence-electron chi connectivity index (χ3n) is 1.97. The Morgan fingerprint density at radius 1 is 1.65 bits per heavy atom. The lowest BCUT2D eigenvalue weighted by atomic mass is 10.2. The molecule has 1 aromatic rings. The van der Waals surface area contributed by atoms with E-state index in [0.717, 1.165) is 5.56 Å². The lowest BCUT2D eigenvalue weighted by Gasteiger charge is -2.05. The predicted octanol–water partition coefficient (Wildman–Crippen LogP) is -0.157. The molecule has 1 heterocycles. The second kappa shape index (κ2) is 6.31. The second-order valence-electron chi connectivity index (χ2n) is 3.25. The molecule has 0 atom stereocenters. The number of carbonyl (C=O) groups is 1. The molecule has 0 saturated heterocycles. The van der Waals surface area contributed by atoms with E-state index < -0.39 is 0 Å². The van der Waals surface area contributed by atoms with Crippen molar-refractivity contribution in [2.45, 2.75) is 13.0 Å². The first-order chi connectivity index (χ1) is 8.15. The molecule has 7 nitrogen and oxygen atoms in total. The fraction of sp³-hybridized carbons (Fsp3) is 0.300. The molecule has 17 heavy (non-hydrogen) atoms. The fourth-order valence-electron chi connectivity index (χ4n) is 1.10. The third kappa shape index (κ3) is 4.37. The van der Waals surface area contributed by atoms with Gasteiger partial charge in [0.25, 0.3) is 0 Å².